The van der Waals surface area contributed by atoms with Gasteiger partial charge >= 0.3 is 0 Å². The van der Waals surface area contributed by atoms with E-state index in [9.17, 15) is 4.79 Å². The first-order valence-corrected chi connectivity index (χ1v) is 8.39. The van der Waals surface area contributed by atoms with E-state index < -0.39 is 0 Å². The Balaban J connectivity index is 2.21. The number of aromatic nitrogens is 2. The van der Waals surface area contributed by atoms with Crippen LogP contribution in [0.25, 0.3) is 11.3 Å². The molecule has 0 saturated heterocycles. The predicted octanol–water partition coefficient (Wildman–Crippen LogP) is 3.84. The Morgan fingerprint density at radius 2 is 2.24 bits per heavy atom. The van der Waals surface area contributed by atoms with Crippen molar-refractivity contribution in [3.63, 3.8) is 0 Å². The molecule has 0 aromatic carbocycles. The summed E-state index contributed by atoms with van der Waals surface area (Å²) < 4.78 is 1.79. The van der Waals surface area contributed by atoms with Gasteiger partial charge in [0.15, 0.2) is 5.13 Å². The van der Waals surface area contributed by atoms with E-state index in [0.29, 0.717) is 11.5 Å². The van der Waals surface area contributed by atoms with E-state index in [0.717, 1.165) is 36.8 Å². The molecule has 2 rings (SSSR count). The summed E-state index contributed by atoms with van der Waals surface area (Å²) in [5.41, 5.74) is 1.50. The number of nitrogens with zero attached hydrogens (tertiary/aromatic N) is 2. The van der Waals surface area contributed by atoms with Crippen LogP contribution in [-0.2, 0) is 6.54 Å². The van der Waals surface area contributed by atoms with Gasteiger partial charge in [0, 0.05) is 24.7 Å². The van der Waals surface area contributed by atoms with E-state index in [-0.39, 0.29) is 5.56 Å². The molecule has 2 aromatic rings. The summed E-state index contributed by atoms with van der Waals surface area (Å²) in [6.45, 7) is 8.11. The van der Waals surface area contributed by atoms with Crippen LogP contribution >= 0.6 is 11.3 Å². The number of hydrogen-bond donors (Lipinski definition) is 1. The van der Waals surface area contributed by atoms with Crippen LogP contribution in [0.15, 0.2) is 28.5 Å². The van der Waals surface area contributed by atoms with Gasteiger partial charge in [-0.3, -0.25) is 4.79 Å². The summed E-state index contributed by atoms with van der Waals surface area (Å²) in [4.78, 5) is 17.0. The fourth-order valence-corrected chi connectivity index (χ4v) is 2.76. The maximum absolute atomic E-state index is 12.5. The number of pyridine rings is 1. The second-order valence-corrected chi connectivity index (χ2v) is 6.43. The Morgan fingerprint density at radius 3 is 2.95 bits per heavy atom. The summed E-state index contributed by atoms with van der Waals surface area (Å²) in [7, 11) is 0. The van der Waals surface area contributed by atoms with Crippen LogP contribution in [0.4, 0.5) is 5.13 Å². The van der Waals surface area contributed by atoms with Crippen molar-refractivity contribution in [2.24, 2.45) is 5.92 Å². The lowest BCUT2D eigenvalue weighted by Crippen LogP contribution is -2.21. The lowest BCUT2D eigenvalue weighted by atomic mass is 10.1. The molecule has 0 fully saturated rings. The predicted molar refractivity (Wildman–Crippen MR) is 90.0 cm³/mol. The van der Waals surface area contributed by atoms with E-state index in [4.69, 9.17) is 0 Å². The first-order valence-electron chi connectivity index (χ1n) is 7.51. The van der Waals surface area contributed by atoms with Crippen molar-refractivity contribution in [1.29, 1.82) is 0 Å². The minimum atomic E-state index is 0.0468. The fourth-order valence-electron chi connectivity index (χ4n) is 2.02. The maximum Gasteiger partial charge on any atom is 0.260 e. The van der Waals surface area contributed by atoms with Gasteiger partial charge in [0.25, 0.3) is 5.56 Å². The Hall–Kier alpha value is -1.62. The minimum absolute atomic E-state index is 0.0468. The molecule has 0 unspecified atom stereocenters. The molecular weight excluding hydrogens is 282 g/mol. The summed E-state index contributed by atoms with van der Waals surface area (Å²) in [5.74, 6) is 0.588. The van der Waals surface area contributed by atoms with Crippen molar-refractivity contribution >= 4 is 16.5 Å². The molecule has 2 heterocycles. The number of hydrogen-bond acceptors (Lipinski definition) is 4. The number of rotatable bonds is 7. The molecule has 1 N–H and O–H groups in total. The van der Waals surface area contributed by atoms with Crippen molar-refractivity contribution in [3.05, 3.63) is 34.1 Å². The van der Waals surface area contributed by atoms with Gasteiger partial charge in [-0.1, -0.05) is 20.8 Å². The normalized spacial score (nSPS) is 11.0. The van der Waals surface area contributed by atoms with Crippen LogP contribution in [0.5, 0.6) is 0 Å². The zero-order chi connectivity index (χ0) is 15.2. The molecule has 0 radical (unpaired) electrons. The monoisotopic (exact) mass is 305 g/mol. The van der Waals surface area contributed by atoms with Gasteiger partial charge in [0.05, 0.1) is 11.3 Å². The molecule has 21 heavy (non-hydrogen) atoms. The van der Waals surface area contributed by atoms with E-state index in [1.165, 1.54) is 0 Å². The Morgan fingerprint density at radius 1 is 1.43 bits per heavy atom. The molecule has 0 aliphatic carbocycles. The molecule has 0 spiro atoms. The van der Waals surface area contributed by atoms with Crippen molar-refractivity contribution < 1.29 is 0 Å². The average Bonchev–Trinajstić information content (AvgIpc) is 2.92. The lowest BCUT2D eigenvalue weighted by molar-refractivity contribution is 0.508. The van der Waals surface area contributed by atoms with E-state index in [1.54, 1.807) is 15.9 Å². The molecule has 0 aliphatic heterocycles. The van der Waals surface area contributed by atoms with Gasteiger partial charge in [-0.05, 0) is 30.9 Å². The SMILES string of the molecule is CCCNc1nc(-c2cccn(CCC(C)C)c2=O)cs1. The van der Waals surface area contributed by atoms with Gasteiger partial charge in [0.2, 0.25) is 0 Å². The third-order valence-corrected chi connectivity index (χ3v) is 4.07. The zero-order valence-corrected chi connectivity index (χ0v) is 13.7. The third-order valence-electron chi connectivity index (χ3n) is 3.27. The molecule has 4 nitrogen and oxygen atoms in total. The van der Waals surface area contributed by atoms with E-state index in [2.05, 4.69) is 31.1 Å². The highest BCUT2D eigenvalue weighted by Gasteiger charge is 2.10. The summed E-state index contributed by atoms with van der Waals surface area (Å²) >= 11 is 1.55. The molecule has 0 amide bonds. The number of aryl methyl sites for hydroxylation is 1. The van der Waals surface area contributed by atoms with Crippen LogP contribution in [-0.4, -0.2) is 16.1 Å². The van der Waals surface area contributed by atoms with Crippen LogP contribution < -0.4 is 10.9 Å². The first-order chi connectivity index (χ1) is 10.1. The zero-order valence-electron chi connectivity index (χ0n) is 12.9. The van der Waals surface area contributed by atoms with E-state index >= 15 is 0 Å². The van der Waals surface area contributed by atoms with Gasteiger partial charge in [-0.15, -0.1) is 11.3 Å². The molecule has 0 aliphatic rings. The highest BCUT2D eigenvalue weighted by Crippen LogP contribution is 2.22. The van der Waals surface area contributed by atoms with Gasteiger partial charge in [-0.25, -0.2) is 4.98 Å². The average molecular weight is 305 g/mol. The lowest BCUT2D eigenvalue weighted by Gasteiger charge is -2.08. The van der Waals surface area contributed by atoms with Gasteiger partial charge < -0.3 is 9.88 Å². The van der Waals surface area contributed by atoms with Crippen LogP contribution in [0.3, 0.4) is 0 Å². The smallest absolute Gasteiger partial charge is 0.260 e. The number of nitrogens with one attached hydrogen (secondary N) is 1. The molecule has 0 saturated carbocycles. The second-order valence-electron chi connectivity index (χ2n) is 5.57. The number of anilines is 1. The van der Waals surface area contributed by atoms with E-state index in [1.807, 2.05) is 23.7 Å². The highest BCUT2D eigenvalue weighted by atomic mass is 32.1. The Kier molecular flexibility index (Phi) is 5.56. The van der Waals surface area contributed by atoms with Crippen LogP contribution in [0.1, 0.15) is 33.6 Å². The Bertz CT molecular complexity index is 630. The molecule has 2 aromatic heterocycles. The molecule has 114 valence electrons. The molecule has 0 bridgehead atoms. The third kappa shape index (κ3) is 4.17. The standard InChI is InChI=1S/C16H23N3OS/c1-4-8-17-16-18-14(11-21-16)13-6-5-9-19(15(13)20)10-7-12(2)3/h5-6,9,11-12H,4,7-8,10H2,1-3H3,(H,17,18). The van der Waals surface area contributed by atoms with Crippen LogP contribution in [0, 0.1) is 5.92 Å². The molecular formula is C16H23N3OS. The molecule has 5 heteroatoms. The van der Waals surface area contributed by atoms with Crippen molar-refractivity contribution in [2.45, 2.75) is 40.2 Å². The number of thiazole rings is 1. The summed E-state index contributed by atoms with van der Waals surface area (Å²) in [5, 5.41) is 6.08. The fraction of sp³-hybridized carbons (Fsp3) is 0.500. The van der Waals surface area contributed by atoms with Gasteiger partial charge in [-0.2, -0.15) is 0 Å². The van der Waals surface area contributed by atoms with Crippen molar-refractivity contribution in [3.8, 4) is 11.3 Å². The second kappa shape index (κ2) is 7.41. The first kappa shape index (κ1) is 15.8. The summed E-state index contributed by atoms with van der Waals surface area (Å²) in [6.07, 6.45) is 3.92. The topological polar surface area (TPSA) is 46.9 Å². The quantitative estimate of drug-likeness (QED) is 0.845. The van der Waals surface area contributed by atoms with Gasteiger partial charge in [0.1, 0.15) is 0 Å². The van der Waals surface area contributed by atoms with Crippen LogP contribution in [0.2, 0.25) is 0 Å². The minimum Gasteiger partial charge on any atom is -0.362 e. The van der Waals surface area contributed by atoms with Crippen molar-refractivity contribution in [1.82, 2.24) is 9.55 Å². The van der Waals surface area contributed by atoms with Crippen molar-refractivity contribution in [2.75, 3.05) is 11.9 Å². The Labute approximate surface area is 129 Å². The summed E-state index contributed by atoms with van der Waals surface area (Å²) in [6, 6.07) is 3.78. The largest absolute Gasteiger partial charge is 0.362 e. The molecule has 0 atom stereocenters. The maximum atomic E-state index is 12.5. The highest BCUT2D eigenvalue weighted by molar-refractivity contribution is 7.14.